The summed E-state index contributed by atoms with van der Waals surface area (Å²) in [4.78, 5) is 17.7. The Labute approximate surface area is 172 Å². The third-order valence-electron chi connectivity index (χ3n) is 6.02. The standard InChI is InChI=1S/C23H30N2O4/c1-16-14-20(17(2)29-16)23(27)25-12-13-28-21(15-24-10-8-19(26)9-11-24)22(25)18-6-4-3-5-7-18/h3-7,14,19,21-22,26H,8-13,15H2,1-2H3/t21-,22-/m0/s1. The highest BCUT2D eigenvalue weighted by Crippen LogP contribution is 2.33. The van der Waals surface area contributed by atoms with Crippen molar-refractivity contribution < 1.29 is 19.1 Å². The molecule has 1 aromatic carbocycles. The van der Waals surface area contributed by atoms with Crippen LogP contribution in [0.3, 0.4) is 0 Å². The molecule has 2 saturated heterocycles. The summed E-state index contributed by atoms with van der Waals surface area (Å²) in [5, 5.41) is 9.81. The molecule has 29 heavy (non-hydrogen) atoms. The minimum absolute atomic E-state index is 0.00410. The van der Waals surface area contributed by atoms with Gasteiger partial charge in [-0.1, -0.05) is 30.3 Å². The molecule has 2 aliphatic rings. The first-order valence-electron chi connectivity index (χ1n) is 10.5. The average Bonchev–Trinajstić information content (AvgIpc) is 3.07. The normalized spacial score (nSPS) is 24.0. The number of amides is 1. The summed E-state index contributed by atoms with van der Waals surface area (Å²) in [6, 6.07) is 11.8. The van der Waals surface area contributed by atoms with Crippen molar-refractivity contribution in [1.29, 1.82) is 0 Å². The van der Waals surface area contributed by atoms with Crippen molar-refractivity contribution >= 4 is 5.91 Å². The van der Waals surface area contributed by atoms with E-state index in [-0.39, 0.29) is 24.2 Å². The highest BCUT2D eigenvalue weighted by atomic mass is 16.5. The number of furan rings is 1. The van der Waals surface area contributed by atoms with E-state index in [2.05, 4.69) is 17.0 Å². The van der Waals surface area contributed by atoms with Gasteiger partial charge in [0.05, 0.1) is 30.4 Å². The van der Waals surface area contributed by atoms with E-state index in [1.54, 1.807) is 0 Å². The molecule has 0 aliphatic carbocycles. The maximum Gasteiger partial charge on any atom is 0.258 e. The number of ether oxygens (including phenoxy) is 1. The number of nitrogens with zero attached hydrogens (tertiary/aromatic N) is 2. The van der Waals surface area contributed by atoms with Gasteiger partial charge in [0, 0.05) is 26.2 Å². The fraction of sp³-hybridized carbons (Fsp3) is 0.522. The van der Waals surface area contributed by atoms with Crippen molar-refractivity contribution in [3.05, 3.63) is 59.0 Å². The number of benzene rings is 1. The van der Waals surface area contributed by atoms with Gasteiger partial charge >= 0.3 is 0 Å². The van der Waals surface area contributed by atoms with E-state index < -0.39 is 0 Å². The highest BCUT2D eigenvalue weighted by molar-refractivity contribution is 5.95. The van der Waals surface area contributed by atoms with Crippen LogP contribution in [0.25, 0.3) is 0 Å². The maximum absolute atomic E-state index is 13.5. The third kappa shape index (κ3) is 4.39. The van der Waals surface area contributed by atoms with E-state index in [4.69, 9.17) is 9.15 Å². The van der Waals surface area contributed by atoms with Crippen LogP contribution in [-0.4, -0.2) is 65.8 Å². The summed E-state index contributed by atoms with van der Waals surface area (Å²) >= 11 is 0. The monoisotopic (exact) mass is 398 g/mol. The van der Waals surface area contributed by atoms with Crippen LogP contribution in [0.5, 0.6) is 0 Å². The van der Waals surface area contributed by atoms with Crippen molar-refractivity contribution in [2.24, 2.45) is 0 Å². The molecule has 2 aromatic rings. The number of carbonyl (C=O) groups is 1. The Kier molecular flexibility index (Phi) is 6.04. The van der Waals surface area contributed by atoms with Crippen LogP contribution in [0, 0.1) is 13.8 Å². The Hall–Kier alpha value is -2.15. The fourth-order valence-corrected chi connectivity index (χ4v) is 4.51. The molecule has 0 saturated carbocycles. The number of piperidine rings is 1. The van der Waals surface area contributed by atoms with Gasteiger partial charge < -0.3 is 24.1 Å². The molecule has 0 radical (unpaired) electrons. The summed E-state index contributed by atoms with van der Waals surface area (Å²) in [7, 11) is 0. The SMILES string of the molecule is Cc1cc(C(=O)N2CCO[C@@H](CN3CCC(O)CC3)[C@@H]2c2ccccc2)c(C)o1. The van der Waals surface area contributed by atoms with E-state index in [0.717, 1.165) is 43.8 Å². The topological polar surface area (TPSA) is 66.2 Å². The lowest BCUT2D eigenvalue weighted by atomic mass is 9.95. The Morgan fingerprint density at radius 2 is 1.86 bits per heavy atom. The number of hydrogen-bond acceptors (Lipinski definition) is 5. The Morgan fingerprint density at radius 1 is 1.14 bits per heavy atom. The van der Waals surface area contributed by atoms with Crippen LogP contribution < -0.4 is 0 Å². The molecule has 2 aliphatic heterocycles. The number of morpholine rings is 1. The largest absolute Gasteiger partial charge is 0.466 e. The summed E-state index contributed by atoms with van der Waals surface area (Å²) in [5.74, 6) is 1.40. The molecule has 1 amide bonds. The zero-order valence-electron chi connectivity index (χ0n) is 17.2. The molecule has 6 heteroatoms. The molecule has 1 N–H and O–H groups in total. The third-order valence-corrected chi connectivity index (χ3v) is 6.02. The molecule has 2 fully saturated rings. The van der Waals surface area contributed by atoms with E-state index in [9.17, 15) is 9.90 Å². The van der Waals surface area contributed by atoms with Crippen molar-refractivity contribution in [3.8, 4) is 0 Å². The lowest BCUT2D eigenvalue weighted by Crippen LogP contribution is -2.52. The molecule has 4 rings (SSSR count). The minimum Gasteiger partial charge on any atom is -0.466 e. The second-order valence-corrected chi connectivity index (χ2v) is 8.12. The van der Waals surface area contributed by atoms with Gasteiger partial charge in [0.15, 0.2) is 0 Å². The van der Waals surface area contributed by atoms with Gasteiger partial charge in [-0.25, -0.2) is 0 Å². The second kappa shape index (κ2) is 8.69. The first-order valence-corrected chi connectivity index (χ1v) is 10.5. The molecule has 156 valence electrons. The smallest absolute Gasteiger partial charge is 0.258 e. The molecular formula is C23H30N2O4. The van der Waals surface area contributed by atoms with Crippen LogP contribution in [-0.2, 0) is 4.74 Å². The van der Waals surface area contributed by atoms with Crippen molar-refractivity contribution in [2.45, 2.75) is 44.9 Å². The first-order chi connectivity index (χ1) is 14.0. The zero-order valence-corrected chi connectivity index (χ0v) is 17.2. The van der Waals surface area contributed by atoms with E-state index >= 15 is 0 Å². The Bertz CT molecular complexity index is 827. The quantitative estimate of drug-likeness (QED) is 0.858. The minimum atomic E-state index is -0.200. The molecular weight excluding hydrogens is 368 g/mol. The summed E-state index contributed by atoms with van der Waals surface area (Å²) in [5.41, 5.74) is 1.71. The average molecular weight is 399 g/mol. The van der Waals surface area contributed by atoms with Gasteiger partial charge in [0.1, 0.15) is 11.5 Å². The van der Waals surface area contributed by atoms with Crippen LogP contribution in [0.1, 0.15) is 46.3 Å². The number of carbonyl (C=O) groups excluding carboxylic acids is 1. The Balaban J connectivity index is 1.61. The van der Waals surface area contributed by atoms with Crippen LogP contribution >= 0.6 is 0 Å². The summed E-state index contributed by atoms with van der Waals surface area (Å²) in [6.45, 7) is 7.25. The predicted octanol–water partition coefficient (Wildman–Crippen LogP) is 2.94. The zero-order chi connectivity index (χ0) is 20.4. The van der Waals surface area contributed by atoms with E-state index in [1.807, 2.05) is 43.0 Å². The molecule has 0 bridgehead atoms. The van der Waals surface area contributed by atoms with Crippen molar-refractivity contribution in [2.75, 3.05) is 32.8 Å². The number of hydrogen-bond donors (Lipinski definition) is 1. The van der Waals surface area contributed by atoms with Crippen LogP contribution in [0.4, 0.5) is 0 Å². The van der Waals surface area contributed by atoms with Gasteiger partial charge in [0.2, 0.25) is 0 Å². The highest BCUT2D eigenvalue weighted by Gasteiger charge is 2.38. The summed E-state index contributed by atoms with van der Waals surface area (Å²) < 4.78 is 11.8. The second-order valence-electron chi connectivity index (χ2n) is 8.12. The van der Waals surface area contributed by atoms with Gasteiger partial charge in [-0.3, -0.25) is 4.79 Å². The van der Waals surface area contributed by atoms with Crippen molar-refractivity contribution in [1.82, 2.24) is 9.80 Å². The number of aliphatic hydroxyl groups excluding tert-OH is 1. The maximum atomic E-state index is 13.5. The molecule has 0 unspecified atom stereocenters. The Morgan fingerprint density at radius 3 is 2.52 bits per heavy atom. The fourth-order valence-electron chi connectivity index (χ4n) is 4.51. The van der Waals surface area contributed by atoms with Gasteiger partial charge in [0.25, 0.3) is 5.91 Å². The molecule has 1 aromatic heterocycles. The van der Waals surface area contributed by atoms with E-state index in [1.165, 1.54) is 0 Å². The molecule has 2 atom stereocenters. The van der Waals surface area contributed by atoms with Crippen molar-refractivity contribution in [3.63, 3.8) is 0 Å². The molecule has 0 spiro atoms. The lowest BCUT2D eigenvalue weighted by Gasteiger charge is -2.44. The lowest BCUT2D eigenvalue weighted by molar-refractivity contribution is -0.0771. The number of aliphatic hydroxyl groups is 1. The molecule has 3 heterocycles. The van der Waals surface area contributed by atoms with Gasteiger partial charge in [-0.05, 0) is 38.3 Å². The number of rotatable bonds is 4. The predicted molar refractivity (Wildman–Crippen MR) is 110 cm³/mol. The van der Waals surface area contributed by atoms with Crippen LogP contribution in [0.15, 0.2) is 40.8 Å². The molecule has 6 nitrogen and oxygen atoms in total. The number of aryl methyl sites for hydroxylation is 2. The van der Waals surface area contributed by atoms with Gasteiger partial charge in [-0.2, -0.15) is 0 Å². The van der Waals surface area contributed by atoms with Gasteiger partial charge in [-0.15, -0.1) is 0 Å². The van der Waals surface area contributed by atoms with Crippen LogP contribution in [0.2, 0.25) is 0 Å². The summed E-state index contributed by atoms with van der Waals surface area (Å²) in [6.07, 6.45) is 1.27. The first kappa shape index (κ1) is 20.1. The number of likely N-dealkylation sites (tertiary alicyclic amines) is 1. The van der Waals surface area contributed by atoms with E-state index in [0.29, 0.717) is 24.5 Å².